The second-order valence-corrected chi connectivity index (χ2v) is 5.29. The molecule has 24 heavy (non-hydrogen) atoms. The topological polar surface area (TPSA) is 117 Å². The maximum Gasteiger partial charge on any atom is 0.328 e. The van der Waals surface area contributed by atoms with Crippen molar-refractivity contribution in [3.8, 4) is 0 Å². The molecule has 0 fully saturated rings. The van der Waals surface area contributed by atoms with Gasteiger partial charge in [-0.25, -0.2) is 9.59 Å². The van der Waals surface area contributed by atoms with Crippen molar-refractivity contribution in [2.45, 2.75) is 32.9 Å². The Morgan fingerprint density at radius 2 is 2.00 bits per heavy atom. The minimum Gasteiger partial charge on any atom is -0.464 e. The Labute approximate surface area is 137 Å². The predicted octanol–water partition coefficient (Wildman–Crippen LogP) is -0.182. The van der Waals surface area contributed by atoms with Gasteiger partial charge in [-0.2, -0.15) is 0 Å². The van der Waals surface area contributed by atoms with Crippen LogP contribution in [0.25, 0.3) is 11.0 Å². The fourth-order valence-electron chi connectivity index (χ4n) is 2.54. The van der Waals surface area contributed by atoms with Crippen LogP contribution in [0.2, 0.25) is 0 Å². The van der Waals surface area contributed by atoms with Crippen LogP contribution in [0.5, 0.6) is 0 Å². The van der Waals surface area contributed by atoms with Gasteiger partial charge in [0.2, 0.25) is 5.91 Å². The molecule has 9 heteroatoms. The van der Waals surface area contributed by atoms with Crippen molar-refractivity contribution >= 4 is 22.9 Å². The predicted molar refractivity (Wildman–Crippen MR) is 86.7 cm³/mol. The Hall–Kier alpha value is -2.84. The second kappa shape index (κ2) is 7.16. The van der Waals surface area contributed by atoms with E-state index in [-0.39, 0.29) is 24.6 Å². The summed E-state index contributed by atoms with van der Waals surface area (Å²) < 4.78 is 6.40. The Kier molecular flexibility index (Phi) is 5.22. The third-order valence-corrected chi connectivity index (χ3v) is 3.77. The third-order valence-electron chi connectivity index (χ3n) is 3.77. The largest absolute Gasteiger partial charge is 0.464 e. The van der Waals surface area contributed by atoms with Crippen molar-refractivity contribution in [2.24, 2.45) is 0 Å². The number of likely N-dealkylation sites (N-methyl/N-ethyl adjacent to an activating group) is 1. The molecule has 0 radical (unpaired) electrons. The summed E-state index contributed by atoms with van der Waals surface area (Å²) in [6.45, 7) is 3.59. The lowest BCUT2D eigenvalue weighted by Crippen LogP contribution is -2.44. The number of carbonyl (C=O) groups is 2. The number of amides is 1. The third kappa shape index (κ3) is 3.39. The minimum atomic E-state index is -0.683. The number of aromatic amines is 2. The van der Waals surface area contributed by atoms with Crippen LogP contribution in [-0.2, 0) is 20.9 Å². The first kappa shape index (κ1) is 17.5. The number of esters is 1. The Balaban J connectivity index is 2.24. The summed E-state index contributed by atoms with van der Waals surface area (Å²) in [5.41, 5.74) is -0.647. The summed E-state index contributed by atoms with van der Waals surface area (Å²) in [7, 11) is 1.52. The molecule has 130 valence electrons. The summed E-state index contributed by atoms with van der Waals surface area (Å²) >= 11 is 0. The molecule has 0 saturated heterocycles. The number of H-pyrrole nitrogens is 2. The first-order valence-electron chi connectivity index (χ1n) is 7.62. The number of fused-ring (bicyclic) bond motifs is 1. The van der Waals surface area contributed by atoms with Gasteiger partial charge in [-0.15, -0.1) is 0 Å². The molecule has 2 N–H and O–H groups in total. The smallest absolute Gasteiger partial charge is 0.328 e. The number of hydrogen-bond donors (Lipinski definition) is 2. The van der Waals surface area contributed by atoms with Gasteiger partial charge in [0.05, 0.1) is 12.1 Å². The van der Waals surface area contributed by atoms with Gasteiger partial charge < -0.3 is 19.2 Å². The first-order valence-corrected chi connectivity index (χ1v) is 7.62. The van der Waals surface area contributed by atoms with Crippen molar-refractivity contribution in [2.75, 3.05) is 13.7 Å². The van der Waals surface area contributed by atoms with E-state index < -0.39 is 23.3 Å². The number of hydrogen-bond acceptors (Lipinski definition) is 5. The van der Waals surface area contributed by atoms with Crippen molar-refractivity contribution in [1.29, 1.82) is 0 Å². The number of carbonyl (C=O) groups excluding carboxylic acids is 2. The summed E-state index contributed by atoms with van der Waals surface area (Å²) in [6.07, 6.45) is 1.95. The highest BCUT2D eigenvalue weighted by molar-refractivity contribution is 5.85. The molecule has 2 rings (SSSR count). The van der Waals surface area contributed by atoms with Crippen LogP contribution in [0, 0.1) is 0 Å². The standard InChI is InChI=1S/C15H20N4O5/c1-4-10(14(22)24-5-2)18(3)11(20)8-19-7-6-9-12(19)13(21)17-15(23)16-9/h6-7,10H,4-5,8H2,1-3H3,(H2,16,17,21,23)/t10-/m0/s1. The lowest BCUT2D eigenvalue weighted by atomic mass is 10.2. The molecule has 9 nitrogen and oxygen atoms in total. The first-order chi connectivity index (χ1) is 11.4. The molecule has 2 heterocycles. The fraction of sp³-hybridized carbons (Fsp3) is 0.467. The molecular weight excluding hydrogens is 316 g/mol. The van der Waals surface area contributed by atoms with Gasteiger partial charge in [0, 0.05) is 13.2 Å². The van der Waals surface area contributed by atoms with E-state index in [2.05, 4.69) is 9.97 Å². The van der Waals surface area contributed by atoms with Gasteiger partial charge in [0.1, 0.15) is 18.1 Å². The molecule has 1 amide bonds. The molecule has 0 saturated carbocycles. The highest BCUT2D eigenvalue weighted by Gasteiger charge is 2.26. The normalized spacial score (nSPS) is 12.1. The molecule has 0 aliphatic rings. The summed E-state index contributed by atoms with van der Waals surface area (Å²) in [6, 6.07) is 0.861. The quantitative estimate of drug-likeness (QED) is 0.710. The van der Waals surface area contributed by atoms with Crippen LogP contribution in [0.3, 0.4) is 0 Å². The van der Waals surface area contributed by atoms with E-state index >= 15 is 0 Å². The van der Waals surface area contributed by atoms with E-state index in [9.17, 15) is 19.2 Å². The highest BCUT2D eigenvalue weighted by Crippen LogP contribution is 2.10. The van der Waals surface area contributed by atoms with Crippen molar-refractivity contribution in [1.82, 2.24) is 19.4 Å². The second-order valence-electron chi connectivity index (χ2n) is 5.29. The SMILES string of the molecule is CCOC(=O)[C@H](CC)N(C)C(=O)Cn1ccc2[nH]c(=O)[nH]c(=O)c21. The molecule has 0 bridgehead atoms. The van der Waals surface area contributed by atoms with Crippen LogP contribution in [0.4, 0.5) is 0 Å². The molecule has 0 aromatic carbocycles. The van der Waals surface area contributed by atoms with Crippen LogP contribution >= 0.6 is 0 Å². The molecule has 2 aromatic rings. The van der Waals surface area contributed by atoms with Gasteiger partial charge in [-0.1, -0.05) is 6.92 Å². The fourth-order valence-corrected chi connectivity index (χ4v) is 2.54. The van der Waals surface area contributed by atoms with E-state index in [0.717, 1.165) is 0 Å². The lowest BCUT2D eigenvalue weighted by Gasteiger charge is -2.25. The van der Waals surface area contributed by atoms with Crippen molar-refractivity contribution < 1.29 is 14.3 Å². The zero-order valence-electron chi connectivity index (χ0n) is 13.8. The molecule has 0 aliphatic heterocycles. The Morgan fingerprint density at radius 1 is 1.29 bits per heavy atom. The Morgan fingerprint density at radius 3 is 2.62 bits per heavy atom. The lowest BCUT2D eigenvalue weighted by molar-refractivity contribution is -0.154. The van der Waals surface area contributed by atoms with E-state index in [0.29, 0.717) is 11.9 Å². The number of nitrogens with zero attached hydrogens (tertiary/aromatic N) is 2. The molecule has 2 aromatic heterocycles. The number of nitrogens with one attached hydrogen (secondary N) is 2. The van der Waals surface area contributed by atoms with Gasteiger partial charge in [-0.05, 0) is 19.4 Å². The van der Waals surface area contributed by atoms with Gasteiger partial charge in [0.25, 0.3) is 5.56 Å². The van der Waals surface area contributed by atoms with E-state index in [1.807, 2.05) is 0 Å². The van der Waals surface area contributed by atoms with E-state index in [1.165, 1.54) is 22.7 Å². The highest BCUT2D eigenvalue weighted by atomic mass is 16.5. The monoisotopic (exact) mass is 336 g/mol. The van der Waals surface area contributed by atoms with Gasteiger partial charge >= 0.3 is 11.7 Å². The van der Waals surface area contributed by atoms with Crippen LogP contribution in [0.1, 0.15) is 20.3 Å². The average Bonchev–Trinajstić information content (AvgIpc) is 2.91. The van der Waals surface area contributed by atoms with Crippen LogP contribution in [-0.4, -0.2) is 51.0 Å². The van der Waals surface area contributed by atoms with E-state index in [4.69, 9.17) is 4.74 Å². The maximum atomic E-state index is 12.5. The van der Waals surface area contributed by atoms with Gasteiger partial charge in [-0.3, -0.25) is 14.6 Å². The average molecular weight is 336 g/mol. The van der Waals surface area contributed by atoms with Gasteiger partial charge in [0.15, 0.2) is 0 Å². The molecule has 1 atom stereocenters. The zero-order valence-corrected chi connectivity index (χ0v) is 13.8. The molecule has 0 unspecified atom stereocenters. The van der Waals surface area contributed by atoms with Crippen LogP contribution < -0.4 is 11.2 Å². The number of ether oxygens (including phenoxy) is 1. The molecule has 0 aliphatic carbocycles. The maximum absolute atomic E-state index is 12.5. The molecule has 0 spiro atoms. The number of aromatic nitrogens is 3. The van der Waals surface area contributed by atoms with E-state index in [1.54, 1.807) is 19.9 Å². The summed E-state index contributed by atoms with van der Waals surface area (Å²) in [4.78, 5) is 53.5. The summed E-state index contributed by atoms with van der Waals surface area (Å²) in [5.74, 6) is -0.812. The summed E-state index contributed by atoms with van der Waals surface area (Å²) in [5, 5.41) is 0. The Bertz CT molecular complexity index is 863. The minimum absolute atomic E-state index is 0.134. The van der Waals surface area contributed by atoms with Crippen LogP contribution in [0.15, 0.2) is 21.9 Å². The van der Waals surface area contributed by atoms with Crippen molar-refractivity contribution in [3.63, 3.8) is 0 Å². The molecular formula is C15H20N4O5. The zero-order chi connectivity index (χ0) is 17.9. The number of rotatable bonds is 6. The van der Waals surface area contributed by atoms with Crippen molar-refractivity contribution in [3.05, 3.63) is 33.1 Å².